The molecule has 0 aliphatic heterocycles. The van der Waals surface area contributed by atoms with Gasteiger partial charge in [0.25, 0.3) is 11.5 Å². The number of hydrogen-bond donors (Lipinski definition) is 1. The Kier molecular flexibility index (Phi) is 11.1. The van der Waals surface area contributed by atoms with E-state index in [1.807, 2.05) is 0 Å². The summed E-state index contributed by atoms with van der Waals surface area (Å²) in [4.78, 5) is 67.1. The van der Waals surface area contributed by atoms with E-state index in [1.54, 1.807) is 97.2 Å². The van der Waals surface area contributed by atoms with Gasteiger partial charge in [0.2, 0.25) is 0 Å². The Morgan fingerprint density at radius 2 is 1.54 bits per heavy atom. The van der Waals surface area contributed by atoms with E-state index in [0.29, 0.717) is 22.3 Å². The molecule has 0 bridgehead atoms. The number of hydrogen-bond acceptors (Lipinski definition) is 7. The van der Waals surface area contributed by atoms with Gasteiger partial charge in [-0.3, -0.25) is 14.2 Å². The number of carbonyl (C=O) groups is 3. The van der Waals surface area contributed by atoms with Crippen molar-refractivity contribution in [3.05, 3.63) is 108 Å². The summed E-state index contributed by atoms with van der Waals surface area (Å²) in [6.45, 7) is 8.91. The van der Waals surface area contributed by atoms with Crippen LogP contribution >= 0.6 is 23.2 Å². The van der Waals surface area contributed by atoms with Crippen molar-refractivity contribution in [1.82, 2.24) is 19.4 Å². The van der Waals surface area contributed by atoms with Crippen molar-refractivity contribution in [2.75, 3.05) is 7.05 Å². The van der Waals surface area contributed by atoms with Gasteiger partial charge in [-0.1, -0.05) is 47.5 Å². The fourth-order valence-corrected chi connectivity index (χ4v) is 5.55. The van der Waals surface area contributed by atoms with E-state index in [4.69, 9.17) is 32.7 Å². The zero-order valence-corrected chi connectivity index (χ0v) is 29.3. The van der Waals surface area contributed by atoms with Crippen LogP contribution in [0.3, 0.4) is 0 Å². The molecule has 0 fully saturated rings. The molecule has 254 valence electrons. The van der Waals surface area contributed by atoms with Crippen LogP contribution in [0.1, 0.15) is 56.1 Å². The van der Waals surface area contributed by atoms with Gasteiger partial charge >= 0.3 is 17.8 Å². The Balaban J connectivity index is 1.63. The molecule has 0 aliphatic carbocycles. The fourth-order valence-electron chi connectivity index (χ4n) is 4.98. The molecule has 1 heterocycles. The Morgan fingerprint density at radius 3 is 2.12 bits per heavy atom. The first-order valence-electron chi connectivity index (χ1n) is 15.2. The van der Waals surface area contributed by atoms with Gasteiger partial charge < -0.3 is 19.7 Å². The zero-order chi connectivity index (χ0) is 35.5. The second kappa shape index (κ2) is 14.7. The normalized spacial score (nSPS) is 12.1. The van der Waals surface area contributed by atoms with Crippen LogP contribution in [-0.4, -0.2) is 56.8 Å². The summed E-state index contributed by atoms with van der Waals surface area (Å²) in [5.74, 6) is -1.30. The maximum Gasteiger partial charge on any atom is 0.410 e. The van der Waals surface area contributed by atoms with Crippen molar-refractivity contribution in [2.45, 2.75) is 65.3 Å². The largest absolute Gasteiger partial charge is 0.461 e. The lowest BCUT2D eigenvalue weighted by molar-refractivity contribution is -0.149. The van der Waals surface area contributed by atoms with Gasteiger partial charge in [-0.25, -0.2) is 19.0 Å². The number of ether oxygens (including phenoxy) is 2. The average molecular weight is 698 g/mol. The van der Waals surface area contributed by atoms with E-state index in [1.165, 1.54) is 21.6 Å². The number of aromatic nitrogens is 2. The monoisotopic (exact) mass is 696 g/mol. The highest BCUT2D eigenvalue weighted by molar-refractivity contribution is 6.39. The zero-order valence-electron chi connectivity index (χ0n) is 27.8. The number of nitrogens with zero attached hydrogens (tertiary/aromatic N) is 3. The molecule has 0 saturated carbocycles. The van der Waals surface area contributed by atoms with E-state index in [0.717, 1.165) is 4.57 Å². The number of fused-ring (bicyclic) bond motifs is 1. The van der Waals surface area contributed by atoms with Gasteiger partial charge in [0, 0.05) is 27.1 Å². The summed E-state index contributed by atoms with van der Waals surface area (Å²) >= 11 is 12.4. The second-order valence-electron chi connectivity index (χ2n) is 12.6. The molecule has 0 radical (unpaired) electrons. The van der Waals surface area contributed by atoms with Crippen molar-refractivity contribution in [2.24, 2.45) is 7.05 Å². The summed E-state index contributed by atoms with van der Waals surface area (Å²) in [6.07, 6.45) is -0.899. The van der Waals surface area contributed by atoms with E-state index in [9.17, 15) is 24.0 Å². The van der Waals surface area contributed by atoms with Crippen molar-refractivity contribution >= 4 is 52.1 Å². The Hall–Kier alpha value is -4.61. The second-order valence-corrected chi connectivity index (χ2v) is 13.5. The molecule has 1 atom stereocenters. The van der Waals surface area contributed by atoms with Gasteiger partial charge in [-0.05, 0) is 82.1 Å². The van der Waals surface area contributed by atoms with Gasteiger partial charge in [-0.15, -0.1) is 0 Å². The van der Waals surface area contributed by atoms with E-state index in [2.05, 4.69) is 5.32 Å². The highest BCUT2D eigenvalue weighted by Gasteiger charge is 2.27. The fraction of sp³-hybridized carbons (Fsp3) is 0.343. The third-order valence-corrected chi connectivity index (χ3v) is 7.85. The summed E-state index contributed by atoms with van der Waals surface area (Å²) < 4.78 is 13.2. The molecule has 1 aromatic heterocycles. The molecular formula is C35H38Cl2N4O7. The molecule has 2 amide bonds. The molecule has 0 spiro atoms. The van der Waals surface area contributed by atoms with E-state index >= 15 is 0 Å². The highest BCUT2D eigenvalue weighted by atomic mass is 35.5. The minimum atomic E-state index is -1.09. The number of benzene rings is 3. The number of aryl methyl sites for hydroxylation is 1. The Bertz CT molecular complexity index is 1960. The predicted octanol–water partition coefficient (Wildman–Crippen LogP) is 5.66. The third-order valence-electron chi connectivity index (χ3n) is 7.22. The molecule has 4 aromatic rings. The molecule has 1 N–H and O–H groups in total. The summed E-state index contributed by atoms with van der Waals surface area (Å²) in [6, 6.07) is 15.1. The van der Waals surface area contributed by atoms with Crippen LogP contribution in [-0.2, 0) is 34.3 Å². The molecule has 4 rings (SSSR count). The number of amides is 2. The van der Waals surface area contributed by atoms with E-state index < -0.39 is 47.0 Å². The average Bonchev–Trinajstić information content (AvgIpc) is 2.99. The first-order valence-corrected chi connectivity index (χ1v) is 16.0. The van der Waals surface area contributed by atoms with E-state index in [-0.39, 0.29) is 34.0 Å². The smallest absolute Gasteiger partial charge is 0.410 e. The van der Waals surface area contributed by atoms with Crippen molar-refractivity contribution in [3.8, 4) is 5.69 Å². The van der Waals surface area contributed by atoms with Crippen molar-refractivity contribution < 1.29 is 23.9 Å². The van der Waals surface area contributed by atoms with Crippen LogP contribution < -0.4 is 16.6 Å². The molecule has 0 aliphatic rings. The molecule has 0 saturated heterocycles. The lowest BCUT2D eigenvalue weighted by atomic mass is 10.0. The number of esters is 1. The highest BCUT2D eigenvalue weighted by Crippen LogP contribution is 2.24. The lowest BCUT2D eigenvalue weighted by Gasteiger charge is -2.24. The van der Waals surface area contributed by atoms with Crippen LogP contribution in [0.4, 0.5) is 4.79 Å². The van der Waals surface area contributed by atoms with Gasteiger partial charge in [0.05, 0.1) is 38.3 Å². The maximum atomic E-state index is 13.7. The maximum absolute atomic E-state index is 13.7. The summed E-state index contributed by atoms with van der Waals surface area (Å²) in [5, 5.41) is 3.22. The number of nitrogens with one attached hydrogen (secondary N) is 1. The Morgan fingerprint density at radius 1 is 0.938 bits per heavy atom. The lowest BCUT2D eigenvalue weighted by Crippen LogP contribution is -2.44. The molecule has 13 heteroatoms. The first kappa shape index (κ1) is 36.2. The number of carbonyl (C=O) groups excluding carboxylic acids is 3. The van der Waals surface area contributed by atoms with Crippen LogP contribution in [0, 0.1) is 0 Å². The SMILES string of the molecule is CC(C)OC(=O)[C@H](Cc1ccc(-n2c(=O)c3cc(CN(C)C(=O)OC(C)(C)C)ccc3n(C)c2=O)cc1)NC(=O)c1c(Cl)cccc1Cl. The molecule has 48 heavy (non-hydrogen) atoms. The minimum absolute atomic E-state index is 0.0321. The summed E-state index contributed by atoms with van der Waals surface area (Å²) in [5.41, 5.74) is 0.308. The number of halogens is 2. The van der Waals surface area contributed by atoms with Crippen LogP contribution in [0.15, 0.2) is 70.3 Å². The van der Waals surface area contributed by atoms with Crippen LogP contribution in [0.5, 0.6) is 0 Å². The van der Waals surface area contributed by atoms with Crippen molar-refractivity contribution in [3.63, 3.8) is 0 Å². The van der Waals surface area contributed by atoms with Gasteiger partial charge in [-0.2, -0.15) is 0 Å². The standard InChI is InChI=1S/C35H38Cl2N4O7/c1-20(2)47-32(44)27(38-30(42)29-25(36)9-8-10-26(29)37)18-21-11-14-23(15-12-21)41-31(43)24-17-22(13-16-28(24)40(7)33(41)45)19-39(6)34(46)48-35(3,4)5/h8-17,20,27H,18-19H2,1-7H3,(H,38,42)/t27-/m0/s1. The topological polar surface area (TPSA) is 129 Å². The van der Waals surface area contributed by atoms with Gasteiger partial charge in [0.15, 0.2) is 0 Å². The molecule has 0 unspecified atom stereocenters. The third kappa shape index (κ3) is 8.45. The Labute approximate surface area is 288 Å². The predicted molar refractivity (Wildman–Crippen MR) is 185 cm³/mol. The van der Waals surface area contributed by atoms with Crippen molar-refractivity contribution in [1.29, 1.82) is 0 Å². The van der Waals surface area contributed by atoms with Gasteiger partial charge in [0.1, 0.15) is 11.6 Å². The minimum Gasteiger partial charge on any atom is -0.461 e. The first-order chi connectivity index (χ1) is 22.5. The molecule has 11 nitrogen and oxygen atoms in total. The van der Waals surface area contributed by atoms with Crippen LogP contribution in [0.25, 0.3) is 16.6 Å². The molecule has 3 aromatic carbocycles. The summed E-state index contributed by atoms with van der Waals surface area (Å²) in [7, 11) is 3.17. The quantitative estimate of drug-likeness (QED) is 0.224. The van der Waals surface area contributed by atoms with Crippen LogP contribution in [0.2, 0.25) is 10.0 Å². The molecular weight excluding hydrogens is 659 g/mol. The number of rotatable bonds is 9.